The van der Waals surface area contributed by atoms with Crippen molar-refractivity contribution in [2.24, 2.45) is 0 Å². The molecule has 2 aromatic carbocycles. The fourth-order valence-electron chi connectivity index (χ4n) is 1.99. The van der Waals surface area contributed by atoms with Gasteiger partial charge in [0, 0.05) is 11.6 Å². The van der Waals surface area contributed by atoms with Crippen molar-refractivity contribution >= 4 is 17.1 Å². The van der Waals surface area contributed by atoms with E-state index in [1.165, 1.54) is 0 Å². The second-order valence-corrected chi connectivity index (χ2v) is 4.46. The number of para-hydroxylation sites is 1. The Morgan fingerprint density at radius 1 is 0.952 bits per heavy atom. The number of carbonyl (C=O) groups excluding carboxylic acids is 1. The number of aromatic nitrogens is 1. The van der Waals surface area contributed by atoms with Crippen LogP contribution in [0.5, 0.6) is 5.75 Å². The minimum absolute atomic E-state index is 0.178. The van der Waals surface area contributed by atoms with E-state index in [0.29, 0.717) is 11.3 Å². The smallest absolute Gasteiger partial charge is 0.429 e. The molecule has 0 saturated carbocycles. The van der Waals surface area contributed by atoms with Gasteiger partial charge in [-0.3, -0.25) is 4.98 Å². The standard InChI is InChI=1S/C17H13NO3/c19-17(20-12-13-6-2-1-3-7-13)21-15-10-4-8-14-9-5-11-18-16(14)15/h1-11H,12H2. The van der Waals surface area contributed by atoms with E-state index in [0.717, 1.165) is 10.9 Å². The molecule has 0 saturated heterocycles. The average Bonchev–Trinajstić information content (AvgIpc) is 2.54. The molecule has 0 unspecified atom stereocenters. The third-order valence-electron chi connectivity index (χ3n) is 2.99. The van der Waals surface area contributed by atoms with Crippen molar-refractivity contribution in [1.29, 1.82) is 0 Å². The lowest BCUT2D eigenvalue weighted by Gasteiger charge is -2.07. The second-order valence-electron chi connectivity index (χ2n) is 4.46. The van der Waals surface area contributed by atoms with Gasteiger partial charge in [-0.05, 0) is 17.7 Å². The van der Waals surface area contributed by atoms with E-state index in [2.05, 4.69) is 4.98 Å². The van der Waals surface area contributed by atoms with Crippen LogP contribution in [-0.4, -0.2) is 11.1 Å². The molecule has 0 atom stereocenters. The predicted molar refractivity (Wildman–Crippen MR) is 79.0 cm³/mol. The number of rotatable bonds is 3. The highest BCUT2D eigenvalue weighted by Gasteiger charge is 2.10. The lowest BCUT2D eigenvalue weighted by atomic mass is 10.2. The number of benzene rings is 2. The van der Waals surface area contributed by atoms with Gasteiger partial charge in [0.1, 0.15) is 12.1 Å². The Hall–Kier alpha value is -2.88. The maximum Gasteiger partial charge on any atom is 0.514 e. The zero-order valence-electron chi connectivity index (χ0n) is 11.2. The monoisotopic (exact) mass is 279 g/mol. The van der Waals surface area contributed by atoms with E-state index < -0.39 is 6.16 Å². The Morgan fingerprint density at radius 3 is 2.62 bits per heavy atom. The average molecular weight is 279 g/mol. The Bertz CT molecular complexity index is 751. The van der Waals surface area contributed by atoms with Crippen LogP contribution < -0.4 is 4.74 Å². The van der Waals surface area contributed by atoms with Crippen molar-refractivity contribution < 1.29 is 14.3 Å². The highest BCUT2D eigenvalue weighted by molar-refractivity contribution is 5.85. The van der Waals surface area contributed by atoms with E-state index in [9.17, 15) is 4.79 Å². The van der Waals surface area contributed by atoms with Gasteiger partial charge >= 0.3 is 6.16 Å². The van der Waals surface area contributed by atoms with Crippen LogP contribution in [0.25, 0.3) is 10.9 Å². The van der Waals surface area contributed by atoms with Crippen LogP contribution in [0.1, 0.15) is 5.56 Å². The number of hydrogen-bond donors (Lipinski definition) is 0. The van der Waals surface area contributed by atoms with Crippen molar-refractivity contribution in [2.45, 2.75) is 6.61 Å². The third kappa shape index (κ3) is 3.17. The summed E-state index contributed by atoms with van der Waals surface area (Å²) in [4.78, 5) is 16.0. The first kappa shape index (κ1) is 13.1. The molecule has 0 spiro atoms. The summed E-state index contributed by atoms with van der Waals surface area (Å²) in [7, 11) is 0. The molecule has 104 valence electrons. The van der Waals surface area contributed by atoms with Crippen LogP contribution in [0.3, 0.4) is 0 Å². The maximum atomic E-state index is 11.8. The predicted octanol–water partition coefficient (Wildman–Crippen LogP) is 3.95. The number of ether oxygens (including phenoxy) is 2. The summed E-state index contributed by atoms with van der Waals surface area (Å²) < 4.78 is 10.3. The summed E-state index contributed by atoms with van der Waals surface area (Å²) in [5, 5.41) is 0.908. The van der Waals surface area contributed by atoms with Gasteiger partial charge in [-0.1, -0.05) is 48.5 Å². The molecule has 3 rings (SSSR count). The van der Waals surface area contributed by atoms with E-state index in [1.54, 1.807) is 12.3 Å². The minimum Gasteiger partial charge on any atom is -0.429 e. The van der Waals surface area contributed by atoms with E-state index in [4.69, 9.17) is 9.47 Å². The van der Waals surface area contributed by atoms with Crippen LogP contribution in [0, 0.1) is 0 Å². The Balaban J connectivity index is 1.69. The van der Waals surface area contributed by atoms with Gasteiger partial charge in [-0.25, -0.2) is 4.79 Å². The SMILES string of the molecule is O=C(OCc1ccccc1)Oc1cccc2cccnc12. The first-order valence-electron chi connectivity index (χ1n) is 6.55. The molecule has 1 heterocycles. The molecular formula is C17H13NO3. The molecule has 0 amide bonds. The number of nitrogens with zero attached hydrogens (tertiary/aromatic N) is 1. The van der Waals surface area contributed by atoms with Gasteiger partial charge < -0.3 is 9.47 Å². The maximum absolute atomic E-state index is 11.8. The summed E-state index contributed by atoms with van der Waals surface area (Å²) in [6, 6.07) is 18.6. The van der Waals surface area contributed by atoms with Gasteiger partial charge in [-0.2, -0.15) is 0 Å². The van der Waals surface area contributed by atoms with Crippen LogP contribution in [0.2, 0.25) is 0 Å². The summed E-state index contributed by atoms with van der Waals surface area (Å²) in [6.45, 7) is 0.178. The number of pyridine rings is 1. The molecule has 0 radical (unpaired) electrons. The molecule has 21 heavy (non-hydrogen) atoms. The fourth-order valence-corrected chi connectivity index (χ4v) is 1.99. The van der Waals surface area contributed by atoms with Gasteiger partial charge in [0.2, 0.25) is 0 Å². The molecule has 1 aromatic heterocycles. The van der Waals surface area contributed by atoms with E-state index in [1.807, 2.05) is 54.6 Å². The Morgan fingerprint density at radius 2 is 1.76 bits per heavy atom. The molecular weight excluding hydrogens is 266 g/mol. The lowest BCUT2D eigenvalue weighted by Crippen LogP contribution is -2.10. The number of fused-ring (bicyclic) bond motifs is 1. The zero-order chi connectivity index (χ0) is 14.5. The third-order valence-corrected chi connectivity index (χ3v) is 2.99. The normalized spacial score (nSPS) is 10.3. The topological polar surface area (TPSA) is 48.4 Å². The second kappa shape index (κ2) is 6.05. The van der Waals surface area contributed by atoms with Crippen LogP contribution in [0.4, 0.5) is 4.79 Å². The highest BCUT2D eigenvalue weighted by Crippen LogP contribution is 2.23. The van der Waals surface area contributed by atoms with Crippen molar-refractivity contribution in [3.05, 3.63) is 72.4 Å². The molecule has 0 fully saturated rings. The van der Waals surface area contributed by atoms with E-state index in [-0.39, 0.29) is 6.61 Å². The molecule has 0 aliphatic rings. The summed E-state index contributed by atoms with van der Waals surface area (Å²) in [5.41, 5.74) is 1.54. The first-order chi connectivity index (χ1) is 10.3. The Kier molecular flexibility index (Phi) is 3.78. The van der Waals surface area contributed by atoms with Crippen molar-refractivity contribution in [2.75, 3.05) is 0 Å². The van der Waals surface area contributed by atoms with Crippen molar-refractivity contribution in [1.82, 2.24) is 4.98 Å². The molecule has 4 nitrogen and oxygen atoms in total. The van der Waals surface area contributed by atoms with Crippen molar-refractivity contribution in [3.8, 4) is 5.75 Å². The van der Waals surface area contributed by atoms with Crippen LogP contribution in [-0.2, 0) is 11.3 Å². The van der Waals surface area contributed by atoms with Gasteiger partial charge in [0.15, 0.2) is 5.75 Å². The van der Waals surface area contributed by atoms with Gasteiger partial charge in [0.05, 0.1) is 0 Å². The highest BCUT2D eigenvalue weighted by atomic mass is 16.7. The summed E-state index contributed by atoms with van der Waals surface area (Å²) in [6.07, 6.45) is 0.918. The molecule has 3 aromatic rings. The quantitative estimate of drug-likeness (QED) is 0.538. The molecule has 0 aliphatic carbocycles. The van der Waals surface area contributed by atoms with Crippen LogP contribution in [0.15, 0.2) is 66.9 Å². The molecule has 4 heteroatoms. The minimum atomic E-state index is -0.739. The van der Waals surface area contributed by atoms with Gasteiger partial charge in [0.25, 0.3) is 0 Å². The lowest BCUT2D eigenvalue weighted by molar-refractivity contribution is 0.0932. The molecule has 0 aliphatic heterocycles. The number of hydrogen-bond acceptors (Lipinski definition) is 4. The molecule has 0 N–H and O–H groups in total. The van der Waals surface area contributed by atoms with Gasteiger partial charge in [-0.15, -0.1) is 0 Å². The molecule has 0 bridgehead atoms. The number of carbonyl (C=O) groups is 1. The summed E-state index contributed by atoms with van der Waals surface area (Å²) >= 11 is 0. The first-order valence-corrected chi connectivity index (χ1v) is 6.55. The zero-order valence-corrected chi connectivity index (χ0v) is 11.2. The fraction of sp³-hybridized carbons (Fsp3) is 0.0588. The Labute approximate surface area is 122 Å². The summed E-state index contributed by atoms with van der Waals surface area (Å²) in [5.74, 6) is 0.395. The largest absolute Gasteiger partial charge is 0.514 e. The van der Waals surface area contributed by atoms with E-state index >= 15 is 0 Å². The van der Waals surface area contributed by atoms with Crippen LogP contribution >= 0.6 is 0 Å². The van der Waals surface area contributed by atoms with Crippen molar-refractivity contribution in [3.63, 3.8) is 0 Å².